The van der Waals surface area contributed by atoms with Gasteiger partial charge in [-0.1, -0.05) is 18.2 Å². The number of para-hydroxylation sites is 1. The van der Waals surface area contributed by atoms with Crippen molar-refractivity contribution in [1.29, 1.82) is 0 Å². The van der Waals surface area contributed by atoms with Crippen LogP contribution in [0.4, 0.5) is 0 Å². The zero-order chi connectivity index (χ0) is 20.0. The van der Waals surface area contributed by atoms with Gasteiger partial charge in [0.15, 0.2) is 0 Å². The highest BCUT2D eigenvalue weighted by molar-refractivity contribution is 6.07. The molecule has 1 amide bonds. The number of hydrogen-bond acceptors (Lipinski definition) is 4. The summed E-state index contributed by atoms with van der Waals surface area (Å²) in [6, 6.07) is 7.93. The second-order valence-corrected chi connectivity index (χ2v) is 8.48. The fourth-order valence-electron chi connectivity index (χ4n) is 5.38. The monoisotopic (exact) mass is 394 g/mol. The number of carbonyl (C=O) groups excluding carboxylic acids is 1. The van der Waals surface area contributed by atoms with E-state index in [1.54, 1.807) is 0 Å². The van der Waals surface area contributed by atoms with E-state index in [9.17, 15) is 14.7 Å². The lowest BCUT2D eigenvalue weighted by atomic mass is 9.84. The number of carboxylic acids is 1. The van der Waals surface area contributed by atoms with E-state index in [0.29, 0.717) is 26.1 Å². The Kier molecular flexibility index (Phi) is 4.74. The van der Waals surface area contributed by atoms with E-state index in [-0.39, 0.29) is 17.9 Å². The quantitative estimate of drug-likeness (QED) is 0.865. The molecular formula is C23H26N2O4. The standard InChI is InChI=1S/C23H26N2O4/c26-22(20-15-4-1-2-6-18(15)24-19-7-3-5-16(19)20)25-11-8-14(9-12-25)21-17(23(27)28)10-13-29-21/h1-2,4,6,14,17,21H,3,5,7-13H2,(H,27,28)/t17?,21-/m0/s1. The minimum Gasteiger partial charge on any atom is -0.481 e. The second kappa shape index (κ2) is 7.41. The second-order valence-electron chi connectivity index (χ2n) is 8.48. The van der Waals surface area contributed by atoms with Crippen LogP contribution in [0.25, 0.3) is 10.9 Å². The number of hydrogen-bond donors (Lipinski definition) is 1. The van der Waals surface area contributed by atoms with Crippen molar-refractivity contribution in [3.63, 3.8) is 0 Å². The average molecular weight is 394 g/mol. The van der Waals surface area contributed by atoms with Crippen LogP contribution in [0, 0.1) is 11.8 Å². The third kappa shape index (κ3) is 3.19. The summed E-state index contributed by atoms with van der Waals surface area (Å²) in [5.74, 6) is -0.857. The van der Waals surface area contributed by atoms with Gasteiger partial charge in [0.25, 0.3) is 5.91 Å². The molecule has 6 heteroatoms. The Balaban J connectivity index is 1.37. The number of carboxylic acid groups (broad SMARTS) is 1. The molecular weight excluding hydrogens is 368 g/mol. The Hall–Kier alpha value is -2.47. The number of benzene rings is 1. The van der Waals surface area contributed by atoms with Gasteiger partial charge in [-0.2, -0.15) is 0 Å². The van der Waals surface area contributed by atoms with Crippen LogP contribution < -0.4 is 0 Å². The highest BCUT2D eigenvalue weighted by Crippen LogP contribution is 2.35. The number of aliphatic carboxylic acids is 1. The number of piperidine rings is 1. The number of likely N-dealkylation sites (tertiary alicyclic amines) is 1. The summed E-state index contributed by atoms with van der Waals surface area (Å²) in [7, 11) is 0. The first kappa shape index (κ1) is 18.6. The van der Waals surface area contributed by atoms with E-state index in [4.69, 9.17) is 9.72 Å². The highest BCUT2D eigenvalue weighted by Gasteiger charge is 2.41. The lowest BCUT2D eigenvalue weighted by Gasteiger charge is -2.36. The largest absolute Gasteiger partial charge is 0.481 e. The van der Waals surface area contributed by atoms with Crippen molar-refractivity contribution < 1.29 is 19.4 Å². The Morgan fingerprint density at radius 3 is 2.69 bits per heavy atom. The van der Waals surface area contributed by atoms with Crippen LogP contribution in [0.15, 0.2) is 24.3 Å². The van der Waals surface area contributed by atoms with Gasteiger partial charge in [0, 0.05) is 30.8 Å². The van der Waals surface area contributed by atoms with Gasteiger partial charge in [-0.15, -0.1) is 0 Å². The molecule has 5 rings (SSSR count). The van der Waals surface area contributed by atoms with Crippen molar-refractivity contribution in [2.24, 2.45) is 11.8 Å². The summed E-state index contributed by atoms with van der Waals surface area (Å²) in [6.45, 7) is 1.83. The Morgan fingerprint density at radius 1 is 1.10 bits per heavy atom. The summed E-state index contributed by atoms with van der Waals surface area (Å²) in [6.07, 6.45) is 4.89. The van der Waals surface area contributed by atoms with E-state index in [1.807, 2.05) is 29.2 Å². The van der Waals surface area contributed by atoms with Crippen LogP contribution in [0.3, 0.4) is 0 Å². The minimum atomic E-state index is -0.759. The molecule has 1 aromatic carbocycles. The van der Waals surface area contributed by atoms with Gasteiger partial charge in [-0.3, -0.25) is 14.6 Å². The van der Waals surface area contributed by atoms with Gasteiger partial charge in [0.05, 0.1) is 23.1 Å². The first-order valence-electron chi connectivity index (χ1n) is 10.7. The van der Waals surface area contributed by atoms with E-state index >= 15 is 0 Å². The molecule has 2 aromatic rings. The topological polar surface area (TPSA) is 79.7 Å². The normalized spacial score (nSPS) is 24.8. The van der Waals surface area contributed by atoms with Gasteiger partial charge in [-0.25, -0.2) is 0 Å². The molecule has 2 saturated heterocycles. The molecule has 0 bridgehead atoms. The molecule has 3 aliphatic rings. The van der Waals surface area contributed by atoms with Crippen LogP contribution in [0.5, 0.6) is 0 Å². The fraction of sp³-hybridized carbons (Fsp3) is 0.522. The number of nitrogens with zero attached hydrogens (tertiary/aromatic N) is 2. The Labute approximate surface area is 169 Å². The van der Waals surface area contributed by atoms with Crippen molar-refractivity contribution >= 4 is 22.8 Å². The van der Waals surface area contributed by atoms with Crippen LogP contribution in [-0.2, 0) is 22.4 Å². The molecule has 152 valence electrons. The van der Waals surface area contributed by atoms with Crippen LogP contribution >= 0.6 is 0 Å². The zero-order valence-electron chi connectivity index (χ0n) is 16.5. The Morgan fingerprint density at radius 2 is 1.90 bits per heavy atom. The van der Waals surface area contributed by atoms with Gasteiger partial charge < -0.3 is 14.7 Å². The smallest absolute Gasteiger partial charge is 0.309 e. The van der Waals surface area contributed by atoms with Gasteiger partial charge in [0.1, 0.15) is 0 Å². The first-order valence-corrected chi connectivity index (χ1v) is 10.7. The third-order valence-corrected chi connectivity index (χ3v) is 6.88. The van der Waals surface area contributed by atoms with Crippen molar-refractivity contribution in [2.75, 3.05) is 19.7 Å². The van der Waals surface area contributed by atoms with E-state index in [2.05, 4.69) is 0 Å². The molecule has 1 N–H and O–H groups in total. The van der Waals surface area contributed by atoms with E-state index < -0.39 is 11.9 Å². The van der Waals surface area contributed by atoms with Gasteiger partial charge >= 0.3 is 5.97 Å². The van der Waals surface area contributed by atoms with Crippen LogP contribution in [-0.4, -0.2) is 52.7 Å². The predicted octanol–water partition coefficient (Wildman–Crippen LogP) is 3.07. The summed E-state index contributed by atoms with van der Waals surface area (Å²) >= 11 is 0. The number of pyridine rings is 1. The zero-order valence-corrected chi connectivity index (χ0v) is 16.5. The summed E-state index contributed by atoms with van der Waals surface area (Å²) in [5.41, 5.74) is 3.93. The summed E-state index contributed by atoms with van der Waals surface area (Å²) < 4.78 is 5.77. The molecule has 2 aliphatic heterocycles. The molecule has 29 heavy (non-hydrogen) atoms. The molecule has 0 spiro atoms. The number of rotatable bonds is 3. The first-order chi connectivity index (χ1) is 14.1. The molecule has 2 fully saturated rings. The number of aromatic nitrogens is 1. The molecule has 0 radical (unpaired) electrons. The van der Waals surface area contributed by atoms with Crippen molar-refractivity contribution in [2.45, 2.75) is 44.6 Å². The molecule has 1 unspecified atom stereocenters. The molecule has 3 heterocycles. The summed E-state index contributed by atoms with van der Waals surface area (Å²) in [5, 5.41) is 10.4. The minimum absolute atomic E-state index is 0.0994. The van der Waals surface area contributed by atoms with E-state index in [0.717, 1.165) is 59.8 Å². The van der Waals surface area contributed by atoms with E-state index in [1.165, 1.54) is 0 Å². The average Bonchev–Trinajstić information content (AvgIpc) is 3.41. The molecule has 1 aromatic heterocycles. The maximum Gasteiger partial charge on any atom is 0.309 e. The predicted molar refractivity (Wildman–Crippen MR) is 108 cm³/mol. The maximum absolute atomic E-state index is 13.5. The van der Waals surface area contributed by atoms with Crippen LogP contribution in [0.2, 0.25) is 0 Å². The number of carbonyl (C=O) groups is 2. The van der Waals surface area contributed by atoms with Crippen molar-refractivity contribution in [3.05, 3.63) is 41.1 Å². The van der Waals surface area contributed by atoms with Gasteiger partial charge in [-0.05, 0) is 56.1 Å². The third-order valence-electron chi connectivity index (χ3n) is 6.88. The van der Waals surface area contributed by atoms with Crippen molar-refractivity contribution in [3.8, 4) is 0 Å². The molecule has 0 saturated carbocycles. The summed E-state index contributed by atoms with van der Waals surface area (Å²) in [4.78, 5) is 31.8. The molecule has 1 aliphatic carbocycles. The SMILES string of the molecule is O=C(O)C1CCO[C@H]1C1CCN(C(=O)c2c3c(nc4ccccc24)CCC3)CC1. The highest BCUT2D eigenvalue weighted by atomic mass is 16.5. The number of ether oxygens (including phenoxy) is 1. The number of fused-ring (bicyclic) bond motifs is 2. The molecule has 6 nitrogen and oxygen atoms in total. The van der Waals surface area contributed by atoms with Gasteiger partial charge in [0.2, 0.25) is 0 Å². The number of amides is 1. The number of aryl methyl sites for hydroxylation is 1. The van der Waals surface area contributed by atoms with Crippen LogP contribution in [0.1, 0.15) is 47.3 Å². The fourth-order valence-corrected chi connectivity index (χ4v) is 5.38. The van der Waals surface area contributed by atoms with Crippen molar-refractivity contribution in [1.82, 2.24) is 9.88 Å². The maximum atomic E-state index is 13.5. The molecule has 2 atom stereocenters. The lowest BCUT2D eigenvalue weighted by Crippen LogP contribution is -2.43. The lowest BCUT2D eigenvalue weighted by molar-refractivity contribution is -0.145. The Bertz CT molecular complexity index is 965.